The fraction of sp³-hybridized carbons (Fsp3) is 0.833. The minimum Gasteiger partial charge on any atom is -0.342 e. The normalized spacial score (nSPS) is 23.8. The van der Waals surface area contributed by atoms with Gasteiger partial charge in [0.1, 0.15) is 18.3 Å². The van der Waals surface area contributed by atoms with Crippen molar-refractivity contribution in [2.75, 3.05) is 13.2 Å². The van der Waals surface area contributed by atoms with E-state index in [1.807, 2.05) is 20.8 Å². The largest absolute Gasteiger partial charge is 0.342 e. The third-order valence-electron chi connectivity index (χ3n) is 3.69. The molecule has 5 heteroatoms. The van der Waals surface area contributed by atoms with Gasteiger partial charge in [0.05, 0.1) is 6.54 Å². The molecule has 1 heterocycles. The molecule has 0 spiro atoms. The van der Waals surface area contributed by atoms with Crippen molar-refractivity contribution < 1.29 is 14.0 Å². The number of nitrogens with one attached hydrogen (secondary N) is 1. The summed E-state index contributed by atoms with van der Waals surface area (Å²) >= 11 is 0. The molecule has 1 aliphatic heterocycles. The Kier molecular flexibility index (Phi) is 4.48. The smallest absolute Gasteiger partial charge is 0.246 e. The molecule has 1 unspecified atom stereocenters. The predicted molar refractivity (Wildman–Crippen MR) is 63.2 cm³/mol. The van der Waals surface area contributed by atoms with Gasteiger partial charge in [-0.1, -0.05) is 20.8 Å². The van der Waals surface area contributed by atoms with Crippen molar-refractivity contribution >= 4 is 11.8 Å². The summed E-state index contributed by atoms with van der Waals surface area (Å²) in [4.78, 5) is 25.8. The first-order valence-electron chi connectivity index (χ1n) is 6.25. The number of hydrogen-bond acceptors (Lipinski definition) is 2. The molecular formula is C12H21FN2O2. The minimum atomic E-state index is -0.866. The number of piperazine rings is 1. The van der Waals surface area contributed by atoms with E-state index in [1.54, 1.807) is 0 Å². The number of amides is 2. The van der Waals surface area contributed by atoms with E-state index in [0.717, 1.165) is 0 Å². The van der Waals surface area contributed by atoms with Crippen LogP contribution >= 0.6 is 0 Å². The van der Waals surface area contributed by atoms with Gasteiger partial charge in [-0.25, -0.2) is 4.39 Å². The Morgan fingerprint density at radius 1 is 1.29 bits per heavy atom. The Labute approximate surface area is 102 Å². The molecule has 0 saturated carbocycles. The number of carbonyl (C=O) groups is 2. The average Bonchev–Trinajstić information content (AvgIpc) is 2.34. The molecular weight excluding hydrogens is 223 g/mol. The van der Waals surface area contributed by atoms with Gasteiger partial charge in [0.25, 0.3) is 0 Å². The molecule has 1 fully saturated rings. The molecule has 4 nitrogen and oxygen atoms in total. The van der Waals surface area contributed by atoms with E-state index in [9.17, 15) is 14.0 Å². The molecule has 1 aliphatic rings. The molecule has 98 valence electrons. The number of carbonyl (C=O) groups excluding carboxylic acids is 2. The minimum absolute atomic E-state index is 0.00440. The molecule has 2 amide bonds. The van der Waals surface area contributed by atoms with Crippen LogP contribution in [0.25, 0.3) is 0 Å². The lowest BCUT2D eigenvalue weighted by Crippen LogP contribution is -2.70. The van der Waals surface area contributed by atoms with Crippen molar-refractivity contribution in [3.63, 3.8) is 0 Å². The van der Waals surface area contributed by atoms with Gasteiger partial charge < -0.3 is 10.2 Å². The lowest BCUT2D eigenvalue weighted by atomic mass is 9.85. The quantitative estimate of drug-likeness (QED) is 0.791. The van der Waals surface area contributed by atoms with Crippen LogP contribution in [-0.4, -0.2) is 41.5 Å². The lowest BCUT2D eigenvalue weighted by molar-refractivity contribution is -0.158. The zero-order valence-corrected chi connectivity index (χ0v) is 10.8. The van der Waals surface area contributed by atoms with Crippen LogP contribution in [0.3, 0.4) is 0 Å². The van der Waals surface area contributed by atoms with Crippen LogP contribution < -0.4 is 5.32 Å². The Morgan fingerprint density at radius 3 is 2.29 bits per heavy atom. The molecule has 1 saturated heterocycles. The van der Waals surface area contributed by atoms with Gasteiger partial charge in [-0.2, -0.15) is 0 Å². The Morgan fingerprint density at radius 2 is 1.88 bits per heavy atom. The van der Waals surface area contributed by atoms with Crippen molar-refractivity contribution in [2.45, 2.75) is 51.6 Å². The van der Waals surface area contributed by atoms with E-state index in [-0.39, 0.29) is 18.4 Å². The van der Waals surface area contributed by atoms with Crippen molar-refractivity contribution in [1.29, 1.82) is 0 Å². The SMILES string of the molecule is CCC1NC(=O)C(CC)(CC)N(CCF)C1=O. The summed E-state index contributed by atoms with van der Waals surface area (Å²) in [7, 11) is 0. The van der Waals surface area contributed by atoms with E-state index in [2.05, 4.69) is 5.32 Å². The highest BCUT2D eigenvalue weighted by molar-refractivity contribution is 5.99. The van der Waals surface area contributed by atoms with E-state index >= 15 is 0 Å². The average molecular weight is 244 g/mol. The van der Waals surface area contributed by atoms with Crippen LogP contribution in [0.1, 0.15) is 40.0 Å². The maximum absolute atomic E-state index is 12.6. The number of hydrogen-bond donors (Lipinski definition) is 1. The van der Waals surface area contributed by atoms with Crippen molar-refractivity contribution in [2.24, 2.45) is 0 Å². The highest BCUT2D eigenvalue weighted by Gasteiger charge is 2.49. The van der Waals surface area contributed by atoms with E-state index in [1.165, 1.54) is 4.90 Å². The number of halogens is 1. The fourth-order valence-electron chi connectivity index (χ4n) is 2.51. The standard InChI is InChI=1S/C12H21FN2O2/c1-4-9-10(16)15(8-7-13)12(5-2,6-3)11(17)14-9/h9H,4-8H2,1-3H3,(H,14,17). The molecule has 1 atom stereocenters. The van der Waals surface area contributed by atoms with Gasteiger partial charge in [-0.3, -0.25) is 9.59 Å². The van der Waals surface area contributed by atoms with Crippen molar-refractivity contribution in [1.82, 2.24) is 10.2 Å². The molecule has 0 radical (unpaired) electrons. The zero-order chi connectivity index (χ0) is 13.1. The first-order chi connectivity index (χ1) is 8.07. The van der Waals surface area contributed by atoms with Crippen LogP contribution in [0.4, 0.5) is 4.39 Å². The fourth-order valence-corrected chi connectivity index (χ4v) is 2.51. The highest BCUT2D eigenvalue weighted by Crippen LogP contribution is 2.29. The van der Waals surface area contributed by atoms with Crippen LogP contribution in [0, 0.1) is 0 Å². The van der Waals surface area contributed by atoms with Gasteiger partial charge in [-0.05, 0) is 19.3 Å². The summed E-state index contributed by atoms with van der Waals surface area (Å²) < 4.78 is 12.6. The van der Waals surface area contributed by atoms with E-state index in [0.29, 0.717) is 19.3 Å². The van der Waals surface area contributed by atoms with Crippen LogP contribution in [0.15, 0.2) is 0 Å². The maximum atomic E-state index is 12.6. The first kappa shape index (κ1) is 13.9. The summed E-state index contributed by atoms with van der Waals surface area (Å²) in [6, 6.07) is -0.500. The summed E-state index contributed by atoms with van der Waals surface area (Å²) in [5, 5.41) is 2.74. The number of alkyl halides is 1. The number of nitrogens with zero attached hydrogens (tertiary/aromatic N) is 1. The second-order valence-corrected chi connectivity index (χ2v) is 4.35. The maximum Gasteiger partial charge on any atom is 0.246 e. The van der Waals surface area contributed by atoms with E-state index < -0.39 is 18.3 Å². The van der Waals surface area contributed by atoms with Gasteiger partial charge >= 0.3 is 0 Å². The zero-order valence-electron chi connectivity index (χ0n) is 10.8. The molecule has 1 N–H and O–H groups in total. The van der Waals surface area contributed by atoms with Crippen LogP contribution in [0.5, 0.6) is 0 Å². The van der Waals surface area contributed by atoms with Gasteiger partial charge in [-0.15, -0.1) is 0 Å². The Hall–Kier alpha value is -1.13. The second kappa shape index (κ2) is 5.47. The Balaban J connectivity index is 3.10. The Bertz CT molecular complexity index is 303. The predicted octanol–water partition coefficient (Wildman–Crippen LogP) is 1.25. The van der Waals surface area contributed by atoms with E-state index in [4.69, 9.17) is 0 Å². The second-order valence-electron chi connectivity index (χ2n) is 4.35. The number of rotatable bonds is 5. The van der Waals surface area contributed by atoms with Gasteiger partial charge in [0.2, 0.25) is 11.8 Å². The summed E-state index contributed by atoms with van der Waals surface area (Å²) in [5.74, 6) is -0.309. The van der Waals surface area contributed by atoms with Crippen LogP contribution in [0.2, 0.25) is 0 Å². The molecule has 0 aliphatic carbocycles. The molecule has 0 aromatic rings. The van der Waals surface area contributed by atoms with Gasteiger partial charge in [0, 0.05) is 0 Å². The molecule has 17 heavy (non-hydrogen) atoms. The highest BCUT2D eigenvalue weighted by atomic mass is 19.1. The summed E-state index contributed by atoms with van der Waals surface area (Å²) in [6.45, 7) is 4.94. The van der Waals surface area contributed by atoms with Crippen LogP contribution in [-0.2, 0) is 9.59 Å². The molecule has 0 aromatic carbocycles. The third kappa shape index (κ3) is 2.15. The lowest BCUT2D eigenvalue weighted by Gasteiger charge is -2.47. The van der Waals surface area contributed by atoms with Gasteiger partial charge in [0.15, 0.2) is 0 Å². The topological polar surface area (TPSA) is 49.4 Å². The summed E-state index contributed by atoms with van der Waals surface area (Å²) in [5.41, 5.74) is -0.866. The monoisotopic (exact) mass is 244 g/mol. The third-order valence-corrected chi connectivity index (χ3v) is 3.69. The van der Waals surface area contributed by atoms with Crippen molar-refractivity contribution in [3.05, 3.63) is 0 Å². The van der Waals surface area contributed by atoms with Crippen molar-refractivity contribution in [3.8, 4) is 0 Å². The summed E-state index contributed by atoms with van der Waals surface area (Å²) in [6.07, 6.45) is 1.56. The molecule has 0 bridgehead atoms. The molecule has 0 aromatic heterocycles. The first-order valence-corrected chi connectivity index (χ1v) is 6.25. The molecule has 1 rings (SSSR count).